The summed E-state index contributed by atoms with van der Waals surface area (Å²) in [5.74, 6) is 0.576. The third kappa shape index (κ3) is 3.27. The van der Waals surface area contributed by atoms with E-state index in [2.05, 4.69) is 22.4 Å². The molecule has 0 aliphatic carbocycles. The van der Waals surface area contributed by atoms with Crippen LogP contribution in [0.2, 0.25) is 0 Å². The maximum absolute atomic E-state index is 12.9. The van der Waals surface area contributed by atoms with E-state index >= 15 is 0 Å². The van der Waals surface area contributed by atoms with Crippen LogP contribution in [0.1, 0.15) is 34.3 Å². The minimum atomic E-state index is -0.950. The van der Waals surface area contributed by atoms with Crippen molar-refractivity contribution in [2.24, 2.45) is 0 Å². The molecule has 7 nitrogen and oxygen atoms in total. The Morgan fingerprint density at radius 2 is 1.97 bits per heavy atom. The number of ether oxygens (including phenoxy) is 1. The van der Waals surface area contributed by atoms with E-state index in [0.29, 0.717) is 37.3 Å². The SMILES string of the molecule is O=C1c2cccc(OCc3ccc4c[nH]cc4c3)c2CN1C1CCC(O)NC1O. The Balaban J connectivity index is 1.35. The lowest BCUT2D eigenvalue weighted by Gasteiger charge is -2.37. The summed E-state index contributed by atoms with van der Waals surface area (Å²) in [6, 6.07) is 11.3. The molecule has 29 heavy (non-hydrogen) atoms. The number of piperidine rings is 1. The lowest BCUT2D eigenvalue weighted by Crippen LogP contribution is -2.56. The molecular formula is C22H23N3O4. The summed E-state index contributed by atoms with van der Waals surface area (Å²) in [7, 11) is 0. The molecule has 3 heterocycles. The molecular weight excluding hydrogens is 370 g/mol. The van der Waals surface area contributed by atoms with E-state index in [-0.39, 0.29) is 11.9 Å². The maximum Gasteiger partial charge on any atom is 0.255 e. The number of hydrogen-bond donors (Lipinski definition) is 4. The Bertz CT molecular complexity index is 1060. The number of aromatic amines is 1. The highest BCUT2D eigenvalue weighted by Crippen LogP contribution is 2.34. The van der Waals surface area contributed by atoms with Crippen LogP contribution in [-0.4, -0.2) is 44.5 Å². The number of carbonyl (C=O) groups excluding carboxylic acids is 1. The number of amides is 1. The van der Waals surface area contributed by atoms with Gasteiger partial charge >= 0.3 is 0 Å². The third-order valence-corrected chi connectivity index (χ3v) is 5.84. The van der Waals surface area contributed by atoms with E-state index in [4.69, 9.17) is 4.74 Å². The molecule has 150 valence electrons. The topological polar surface area (TPSA) is 97.8 Å². The van der Waals surface area contributed by atoms with Gasteiger partial charge in [0.1, 0.15) is 24.8 Å². The van der Waals surface area contributed by atoms with Gasteiger partial charge in [-0.1, -0.05) is 18.2 Å². The lowest BCUT2D eigenvalue weighted by atomic mass is 10.0. The average molecular weight is 393 g/mol. The summed E-state index contributed by atoms with van der Waals surface area (Å²) in [5.41, 5.74) is 2.51. The number of aromatic nitrogens is 1. The molecule has 0 spiro atoms. The van der Waals surface area contributed by atoms with Crippen molar-refractivity contribution in [2.75, 3.05) is 0 Å². The Morgan fingerprint density at radius 1 is 1.10 bits per heavy atom. The van der Waals surface area contributed by atoms with Crippen LogP contribution in [-0.2, 0) is 13.2 Å². The van der Waals surface area contributed by atoms with Gasteiger partial charge in [-0.05, 0) is 47.4 Å². The number of nitrogens with zero attached hydrogens (tertiary/aromatic N) is 1. The van der Waals surface area contributed by atoms with E-state index in [1.165, 1.54) is 0 Å². The monoisotopic (exact) mass is 393 g/mol. The van der Waals surface area contributed by atoms with Crippen molar-refractivity contribution in [1.29, 1.82) is 0 Å². The molecule has 1 fully saturated rings. The van der Waals surface area contributed by atoms with Crippen molar-refractivity contribution in [3.8, 4) is 5.75 Å². The minimum Gasteiger partial charge on any atom is -0.489 e. The third-order valence-electron chi connectivity index (χ3n) is 5.84. The van der Waals surface area contributed by atoms with E-state index in [1.807, 2.05) is 30.6 Å². The van der Waals surface area contributed by atoms with Crippen LogP contribution in [0.5, 0.6) is 5.75 Å². The van der Waals surface area contributed by atoms with Crippen LogP contribution < -0.4 is 10.1 Å². The van der Waals surface area contributed by atoms with Gasteiger partial charge in [0.05, 0.1) is 12.6 Å². The number of carbonyl (C=O) groups is 1. The van der Waals surface area contributed by atoms with Crippen molar-refractivity contribution < 1.29 is 19.7 Å². The molecule has 3 atom stereocenters. The lowest BCUT2D eigenvalue weighted by molar-refractivity contribution is -0.0478. The summed E-state index contributed by atoms with van der Waals surface area (Å²) >= 11 is 0. The number of benzene rings is 2. The molecule has 2 aromatic carbocycles. The highest BCUT2D eigenvalue weighted by Gasteiger charge is 2.40. The first-order valence-electron chi connectivity index (χ1n) is 9.83. The molecule has 2 aliphatic heterocycles. The first-order chi connectivity index (χ1) is 14.1. The fraction of sp³-hybridized carbons (Fsp3) is 0.318. The Kier molecular flexibility index (Phi) is 4.50. The van der Waals surface area contributed by atoms with Gasteiger partial charge in [-0.3, -0.25) is 10.1 Å². The fourth-order valence-electron chi connectivity index (χ4n) is 4.29. The van der Waals surface area contributed by atoms with Crippen molar-refractivity contribution >= 4 is 16.7 Å². The normalized spacial score (nSPS) is 24.1. The van der Waals surface area contributed by atoms with Crippen molar-refractivity contribution in [3.05, 3.63) is 65.5 Å². The highest BCUT2D eigenvalue weighted by atomic mass is 16.5. The van der Waals surface area contributed by atoms with E-state index in [9.17, 15) is 15.0 Å². The largest absolute Gasteiger partial charge is 0.489 e. The molecule has 4 N–H and O–H groups in total. The zero-order valence-corrected chi connectivity index (χ0v) is 15.8. The summed E-state index contributed by atoms with van der Waals surface area (Å²) in [4.78, 5) is 17.7. The van der Waals surface area contributed by atoms with Gasteiger partial charge in [0, 0.05) is 23.5 Å². The summed E-state index contributed by atoms with van der Waals surface area (Å²) in [6.45, 7) is 0.798. The van der Waals surface area contributed by atoms with Gasteiger partial charge < -0.3 is 24.8 Å². The Morgan fingerprint density at radius 3 is 2.83 bits per heavy atom. The quantitative estimate of drug-likeness (QED) is 0.544. The molecule has 3 aromatic rings. The standard InChI is InChI=1S/C22H23N3O4/c26-20-7-6-18(21(27)24-20)25-11-17-16(22(25)28)2-1-3-19(17)29-12-13-4-5-14-9-23-10-15(14)8-13/h1-5,8-10,18,20-21,23-24,26-27H,6-7,11-12H2. The predicted octanol–water partition coefficient (Wildman–Crippen LogP) is 2.09. The number of aliphatic hydroxyl groups excluding tert-OH is 2. The van der Waals surface area contributed by atoms with Crippen LogP contribution in [0, 0.1) is 0 Å². The van der Waals surface area contributed by atoms with Crippen molar-refractivity contribution in [2.45, 2.75) is 44.5 Å². The van der Waals surface area contributed by atoms with Crippen LogP contribution in [0.4, 0.5) is 0 Å². The second-order valence-electron chi connectivity index (χ2n) is 7.69. The fourth-order valence-corrected chi connectivity index (χ4v) is 4.29. The van der Waals surface area contributed by atoms with Gasteiger partial charge in [-0.25, -0.2) is 0 Å². The molecule has 1 amide bonds. The van der Waals surface area contributed by atoms with Gasteiger partial charge in [-0.15, -0.1) is 0 Å². The first-order valence-corrected chi connectivity index (χ1v) is 9.83. The number of rotatable bonds is 4. The van der Waals surface area contributed by atoms with Crippen LogP contribution in [0.3, 0.4) is 0 Å². The van der Waals surface area contributed by atoms with Gasteiger partial charge in [-0.2, -0.15) is 0 Å². The smallest absolute Gasteiger partial charge is 0.255 e. The van der Waals surface area contributed by atoms with Crippen LogP contribution in [0.15, 0.2) is 48.8 Å². The second kappa shape index (κ2) is 7.18. The molecule has 1 aromatic heterocycles. The van der Waals surface area contributed by atoms with Crippen molar-refractivity contribution in [1.82, 2.24) is 15.2 Å². The Labute approximate surface area is 167 Å². The molecule has 2 aliphatic rings. The van der Waals surface area contributed by atoms with E-state index < -0.39 is 12.5 Å². The van der Waals surface area contributed by atoms with E-state index in [1.54, 1.807) is 11.0 Å². The Hall–Kier alpha value is -2.87. The number of H-pyrrole nitrogens is 1. The number of fused-ring (bicyclic) bond motifs is 2. The number of hydrogen-bond acceptors (Lipinski definition) is 5. The minimum absolute atomic E-state index is 0.110. The molecule has 0 saturated carbocycles. The first kappa shape index (κ1) is 18.2. The summed E-state index contributed by atoms with van der Waals surface area (Å²) < 4.78 is 6.08. The second-order valence-corrected chi connectivity index (χ2v) is 7.69. The number of nitrogens with one attached hydrogen (secondary N) is 2. The summed E-state index contributed by atoms with van der Waals surface area (Å²) in [5, 5.41) is 24.9. The zero-order valence-electron chi connectivity index (χ0n) is 15.8. The highest BCUT2D eigenvalue weighted by molar-refractivity contribution is 5.99. The van der Waals surface area contributed by atoms with Crippen LogP contribution >= 0.6 is 0 Å². The zero-order chi connectivity index (χ0) is 20.0. The molecule has 0 bridgehead atoms. The number of aliphatic hydroxyl groups is 2. The van der Waals surface area contributed by atoms with Gasteiger partial charge in [0.15, 0.2) is 0 Å². The van der Waals surface area contributed by atoms with E-state index in [0.717, 1.165) is 21.9 Å². The molecule has 1 saturated heterocycles. The molecule has 7 heteroatoms. The van der Waals surface area contributed by atoms with Gasteiger partial charge in [0.2, 0.25) is 0 Å². The molecule has 3 unspecified atom stereocenters. The van der Waals surface area contributed by atoms with Crippen LogP contribution in [0.25, 0.3) is 10.8 Å². The van der Waals surface area contributed by atoms with Gasteiger partial charge in [0.25, 0.3) is 5.91 Å². The molecule has 5 rings (SSSR count). The molecule has 0 radical (unpaired) electrons. The summed E-state index contributed by atoms with van der Waals surface area (Å²) in [6.07, 6.45) is 3.26. The van der Waals surface area contributed by atoms with Crippen molar-refractivity contribution in [3.63, 3.8) is 0 Å². The predicted molar refractivity (Wildman–Crippen MR) is 107 cm³/mol. The average Bonchev–Trinajstić information content (AvgIpc) is 3.31. The maximum atomic E-state index is 12.9.